The molecule has 2 N–H and O–H groups in total. The first-order valence-electron chi connectivity index (χ1n) is 10.8. The van der Waals surface area contributed by atoms with Crippen molar-refractivity contribution in [3.63, 3.8) is 0 Å². The standard InChI is InChI=1S/C24H22BrCl2N3O4/c25-19-20(24(21(19)31)8-2-1-3-9-24)30-17(23(33)34)10-13-4-6-14(7-5-13)29-22(32)18-15(26)11-28-12-16(18)27/h4-7,11-12,17,30H,1-3,8-10H2,(H,29,32)(H,33,34)/p-1/t17-/m0/s1. The van der Waals surface area contributed by atoms with E-state index in [0.29, 0.717) is 15.9 Å². The summed E-state index contributed by atoms with van der Waals surface area (Å²) in [4.78, 5) is 40.8. The van der Waals surface area contributed by atoms with Gasteiger partial charge in [-0.2, -0.15) is 0 Å². The molecule has 1 fully saturated rings. The number of anilines is 1. The smallest absolute Gasteiger partial charge is 0.258 e. The molecule has 1 heterocycles. The molecular weight excluding hydrogens is 545 g/mol. The molecule has 1 amide bonds. The SMILES string of the molecule is O=C(Nc1ccc(C[C@H](NC2=C(Br)C(=O)C23CCCCC3)C(=O)[O-])cc1)c1c(Cl)cncc1Cl. The zero-order valence-electron chi connectivity index (χ0n) is 18.0. The van der Waals surface area contributed by atoms with Crippen LogP contribution in [0.15, 0.2) is 46.8 Å². The lowest BCUT2D eigenvalue weighted by molar-refractivity contribution is -0.308. The minimum atomic E-state index is -1.25. The average molecular weight is 566 g/mol. The van der Waals surface area contributed by atoms with Crippen LogP contribution < -0.4 is 15.7 Å². The Bertz CT molecular complexity index is 1160. The van der Waals surface area contributed by atoms with E-state index in [1.807, 2.05) is 0 Å². The maximum absolute atomic E-state index is 12.6. The van der Waals surface area contributed by atoms with Gasteiger partial charge in [0.1, 0.15) is 0 Å². The lowest BCUT2D eigenvalue weighted by atomic mass is 9.62. The van der Waals surface area contributed by atoms with Gasteiger partial charge in [-0.05, 0) is 52.9 Å². The van der Waals surface area contributed by atoms with Crippen molar-refractivity contribution >= 4 is 62.5 Å². The largest absolute Gasteiger partial charge is 0.548 e. The molecule has 1 spiro atoms. The van der Waals surface area contributed by atoms with Gasteiger partial charge in [-0.3, -0.25) is 14.6 Å². The lowest BCUT2D eigenvalue weighted by Gasteiger charge is -2.46. The number of aromatic nitrogens is 1. The van der Waals surface area contributed by atoms with Crippen molar-refractivity contribution in [1.29, 1.82) is 0 Å². The molecule has 2 aromatic rings. The van der Waals surface area contributed by atoms with Gasteiger partial charge in [-0.15, -0.1) is 0 Å². The summed E-state index contributed by atoms with van der Waals surface area (Å²) < 4.78 is 0.423. The summed E-state index contributed by atoms with van der Waals surface area (Å²) in [5.41, 5.74) is 1.40. The summed E-state index contributed by atoms with van der Waals surface area (Å²) in [5.74, 6) is -1.69. The highest BCUT2D eigenvalue weighted by Gasteiger charge is 2.53. The molecule has 0 unspecified atom stereocenters. The van der Waals surface area contributed by atoms with E-state index >= 15 is 0 Å². The molecule has 1 aromatic carbocycles. The van der Waals surface area contributed by atoms with Crippen molar-refractivity contribution in [2.75, 3.05) is 5.32 Å². The highest BCUT2D eigenvalue weighted by molar-refractivity contribution is 9.12. The van der Waals surface area contributed by atoms with Crippen LogP contribution in [-0.2, 0) is 16.0 Å². The summed E-state index contributed by atoms with van der Waals surface area (Å²) in [6, 6.07) is 5.74. The number of hydrogen-bond acceptors (Lipinski definition) is 6. The van der Waals surface area contributed by atoms with Gasteiger partial charge in [-0.25, -0.2) is 0 Å². The van der Waals surface area contributed by atoms with Gasteiger partial charge < -0.3 is 20.5 Å². The van der Waals surface area contributed by atoms with Crippen molar-refractivity contribution in [2.45, 2.75) is 44.6 Å². The fourth-order valence-electron chi connectivity index (χ4n) is 4.57. The van der Waals surface area contributed by atoms with Gasteiger partial charge in [0.25, 0.3) is 5.91 Å². The quantitative estimate of drug-likeness (QED) is 0.524. The van der Waals surface area contributed by atoms with Gasteiger partial charge in [0, 0.05) is 23.8 Å². The van der Waals surface area contributed by atoms with Gasteiger partial charge in [0.2, 0.25) is 0 Å². The number of aliphatic carboxylic acids is 1. The minimum absolute atomic E-state index is 0.0429. The van der Waals surface area contributed by atoms with Crippen molar-refractivity contribution in [2.24, 2.45) is 5.41 Å². The molecule has 2 aliphatic carbocycles. The molecule has 4 rings (SSSR count). The normalized spacial score (nSPS) is 17.8. The summed E-state index contributed by atoms with van der Waals surface area (Å²) in [7, 11) is 0. The third kappa shape index (κ3) is 4.72. The lowest BCUT2D eigenvalue weighted by Crippen LogP contribution is -2.55. The zero-order chi connectivity index (χ0) is 24.5. The molecular formula is C24H21BrCl2N3O4-. The van der Waals surface area contributed by atoms with E-state index in [1.54, 1.807) is 24.3 Å². The topological polar surface area (TPSA) is 111 Å². The van der Waals surface area contributed by atoms with Crippen LogP contribution in [0.2, 0.25) is 10.0 Å². The molecule has 0 bridgehead atoms. The van der Waals surface area contributed by atoms with Crippen molar-refractivity contribution in [3.05, 3.63) is 68.0 Å². The Morgan fingerprint density at radius 2 is 1.71 bits per heavy atom. The number of carbonyl (C=O) groups is 3. The molecule has 1 aromatic heterocycles. The number of amides is 1. The van der Waals surface area contributed by atoms with Crippen LogP contribution in [0.25, 0.3) is 0 Å². The predicted octanol–water partition coefficient (Wildman–Crippen LogP) is 4.03. The molecule has 178 valence electrons. The zero-order valence-corrected chi connectivity index (χ0v) is 21.1. The molecule has 34 heavy (non-hydrogen) atoms. The maximum atomic E-state index is 12.6. The van der Waals surface area contributed by atoms with Crippen LogP contribution in [-0.4, -0.2) is 28.7 Å². The van der Waals surface area contributed by atoms with E-state index in [0.717, 1.165) is 37.7 Å². The van der Waals surface area contributed by atoms with Crippen molar-refractivity contribution in [3.8, 4) is 0 Å². The number of carboxylic acid groups (broad SMARTS) is 1. The Morgan fingerprint density at radius 3 is 2.29 bits per heavy atom. The van der Waals surface area contributed by atoms with Crippen LogP contribution in [0.4, 0.5) is 5.69 Å². The summed E-state index contributed by atoms with van der Waals surface area (Å²) in [6.07, 6.45) is 7.22. The predicted molar refractivity (Wildman–Crippen MR) is 131 cm³/mol. The van der Waals surface area contributed by atoms with Crippen molar-refractivity contribution in [1.82, 2.24) is 10.3 Å². The first-order chi connectivity index (χ1) is 16.2. The van der Waals surface area contributed by atoms with E-state index in [-0.39, 0.29) is 27.8 Å². The Morgan fingerprint density at radius 1 is 1.09 bits per heavy atom. The Balaban J connectivity index is 1.45. The van der Waals surface area contributed by atoms with Gasteiger partial charge in [0.05, 0.1) is 37.5 Å². The van der Waals surface area contributed by atoms with E-state index in [2.05, 4.69) is 31.5 Å². The number of hydrogen-bond donors (Lipinski definition) is 2. The second-order valence-electron chi connectivity index (χ2n) is 8.51. The Hall–Kier alpha value is -2.42. The van der Waals surface area contributed by atoms with Crippen LogP contribution in [0, 0.1) is 5.41 Å². The number of allylic oxidation sites excluding steroid dienone is 2. The molecule has 10 heteroatoms. The molecule has 7 nitrogen and oxygen atoms in total. The molecule has 0 radical (unpaired) electrons. The third-order valence-electron chi connectivity index (χ3n) is 6.37. The Labute approximate surface area is 215 Å². The van der Waals surface area contributed by atoms with Gasteiger partial charge in [0.15, 0.2) is 5.78 Å². The number of carbonyl (C=O) groups excluding carboxylic acids is 3. The number of halogens is 3. The number of benzene rings is 1. The number of pyridine rings is 1. The third-order valence-corrected chi connectivity index (χ3v) is 7.70. The van der Waals surface area contributed by atoms with Crippen LogP contribution in [0.5, 0.6) is 0 Å². The number of rotatable bonds is 7. The molecule has 2 aliphatic rings. The van der Waals surface area contributed by atoms with Crippen molar-refractivity contribution < 1.29 is 19.5 Å². The highest BCUT2D eigenvalue weighted by Crippen LogP contribution is 2.53. The van der Waals surface area contributed by atoms with E-state index in [9.17, 15) is 19.5 Å². The van der Waals surface area contributed by atoms with Crippen LogP contribution >= 0.6 is 39.1 Å². The van der Waals surface area contributed by atoms with Crippen LogP contribution in [0.3, 0.4) is 0 Å². The minimum Gasteiger partial charge on any atom is -0.548 e. The van der Waals surface area contributed by atoms with E-state index < -0.39 is 23.3 Å². The second kappa shape index (κ2) is 10.1. The van der Waals surface area contributed by atoms with E-state index in [1.165, 1.54) is 12.4 Å². The monoisotopic (exact) mass is 564 g/mol. The highest BCUT2D eigenvalue weighted by atomic mass is 79.9. The number of nitrogens with one attached hydrogen (secondary N) is 2. The van der Waals surface area contributed by atoms with Crippen LogP contribution in [0.1, 0.15) is 48.0 Å². The molecule has 0 aliphatic heterocycles. The van der Waals surface area contributed by atoms with Gasteiger partial charge >= 0.3 is 0 Å². The number of Topliss-reactive ketones (excluding diaryl/α,β-unsaturated/α-hetero) is 1. The molecule has 1 atom stereocenters. The molecule has 0 saturated heterocycles. The molecule has 1 saturated carbocycles. The second-order valence-corrected chi connectivity index (χ2v) is 10.1. The first-order valence-corrected chi connectivity index (χ1v) is 12.4. The van der Waals surface area contributed by atoms with E-state index in [4.69, 9.17) is 23.2 Å². The van der Waals surface area contributed by atoms with Gasteiger partial charge in [-0.1, -0.05) is 54.6 Å². The number of ketones is 1. The fraction of sp³-hybridized carbons (Fsp3) is 0.333. The summed E-state index contributed by atoms with van der Waals surface area (Å²) in [6.45, 7) is 0. The summed E-state index contributed by atoms with van der Waals surface area (Å²) >= 11 is 15.4. The number of carboxylic acids is 1. The summed E-state index contributed by atoms with van der Waals surface area (Å²) in [5, 5.41) is 17.9. The average Bonchev–Trinajstić information content (AvgIpc) is 2.82. The maximum Gasteiger partial charge on any atom is 0.258 e. The number of nitrogens with zero attached hydrogens (tertiary/aromatic N) is 1. The Kier molecular flexibility index (Phi) is 7.31. The first kappa shape index (κ1) is 24.7. The fourth-order valence-corrected chi connectivity index (χ4v) is 5.98.